The second kappa shape index (κ2) is 6.88. The van der Waals surface area contributed by atoms with E-state index < -0.39 is 0 Å². The zero-order chi connectivity index (χ0) is 18.0. The highest BCUT2D eigenvalue weighted by Gasteiger charge is 2.16. The van der Waals surface area contributed by atoms with E-state index in [0.29, 0.717) is 23.5 Å². The third kappa shape index (κ3) is 3.76. The Hall–Kier alpha value is -2.96. The lowest BCUT2D eigenvalue weighted by molar-refractivity contribution is 0.0930. The first-order valence-electron chi connectivity index (χ1n) is 8.06. The predicted octanol–water partition coefficient (Wildman–Crippen LogP) is 2.85. The molecule has 1 aromatic carbocycles. The van der Waals surface area contributed by atoms with Crippen LogP contribution >= 0.6 is 0 Å². The molecule has 0 aliphatic carbocycles. The average molecular weight is 341 g/mol. The van der Waals surface area contributed by atoms with E-state index in [1.807, 2.05) is 31.5 Å². The Morgan fingerprint density at radius 2 is 2.08 bits per heavy atom. The van der Waals surface area contributed by atoms with Gasteiger partial charge in [0.1, 0.15) is 11.5 Å². The number of nitrogens with one attached hydrogen (secondary N) is 2. The Balaban J connectivity index is 1.67. The van der Waals surface area contributed by atoms with Crippen molar-refractivity contribution in [3.05, 3.63) is 59.3 Å². The van der Waals surface area contributed by atoms with Crippen molar-refractivity contribution in [1.82, 2.24) is 25.3 Å². The number of nitrogens with zero attached hydrogens (tertiary/aromatic N) is 3. The van der Waals surface area contributed by atoms with Crippen molar-refractivity contribution < 1.29 is 9.18 Å². The standard InChI is InChI=1S/C18H20FN5O/c1-11-8-13(3)24(23-11)10-12(2)20-18(25)17-9-16(21-22-17)14-6-4-5-7-15(14)19/h4-9,12H,10H2,1-3H3,(H,20,25)(H,21,22). The van der Waals surface area contributed by atoms with Gasteiger partial charge in [0.15, 0.2) is 0 Å². The number of aryl methyl sites for hydroxylation is 2. The van der Waals surface area contributed by atoms with Crippen LogP contribution in [0.25, 0.3) is 11.3 Å². The van der Waals surface area contributed by atoms with Crippen molar-refractivity contribution in [3.8, 4) is 11.3 Å². The fraction of sp³-hybridized carbons (Fsp3) is 0.278. The maximum Gasteiger partial charge on any atom is 0.269 e. The third-order valence-corrected chi connectivity index (χ3v) is 3.90. The molecule has 1 amide bonds. The average Bonchev–Trinajstić information content (AvgIpc) is 3.15. The van der Waals surface area contributed by atoms with Crippen LogP contribution in [0.5, 0.6) is 0 Å². The lowest BCUT2D eigenvalue weighted by Gasteiger charge is -2.14. The summed E-state index contributed by atoms with van der Waals surface area (Å²) in [6, 6.07) is 9.74. The van der Waals surface area contributed by atoms with Crippen LogP contribution in [-0.2, 0) is 6.54 Å². The Morgan fingerprint density at radius 3 is 2.76 bits per heavy atom. The van der Waals surface area contributed by atoms with E-state index in [4.69, 9.17) is 0 Å². The van der Waals surface area contributed by atoms with E-state index in [0.717, 1.165) is 11.4 Å². The number of H-pyrrole nitrogens is 1. The molecule has 25 heavy (non-hydrogen) atoms. The summed E-state index contributed by atoms with van der Waals surface area (Å²) < 4.78 is 15.7. The van der Waals surface area contributed by atoms with Crippen molar-refractivity contribution >= 4 is 5.91 Å². The van der Waals surface area contributed by atoms with Crippen LogP contribution in [0.2, 0.25) is 0 Å². The van der Waals surface area contributed by atoms with Gasteiger partial charge >= 0.3 is 0 Å². The topological polar surface area (TPSA) is 75.6 Å². The number of aromatic amines is 1. The molecule has 0 aliphatic heterocycles. The van der Waals surface area contributed by atoms with Crippen LogP contribution in [0, 0.1) is 19.7 Å². The molecule has 2 aromatic heterocycles. The summed E-state index contributed by atoms with van der Waals surface area (Å²) in [6.45, 7) is 6.38. The molecule has 1 unspecified atom stereocenters. The number of carbonyl (C=O) groups excluding carboxylic acids is 1. The lowest BCUT2D eigenvalue weighted by atomic mass is 10.1. The molecule has 7 heteroatoms. The molecule has 2 N–H and O–H groups in total. The van der Waals surface area contributed by atoms with Gasteiger partial charge in [0.2, 0.25) is 0 Å². The zero-order valence-corrected chi connectivity index (χ0v) is 14.4. The van der Waals surface area contributed by atoms with Gasteiger partial charge in [-0.3, -0.25) is 14.6 Å². The van der Waals surface area contributed by atoms with Gasteiger partial charge in [-0.15, -0.1) is 0 Å². The van der Waals surface area contributed by atoms with Crippen molar-refractivity contribution in [3.63, 3.8) is 0 Å². The number of benzene rings is 1. The highest BCUT2D eigenvalue weighted by Crippen LogP contribution is 2.20. The second-order valence-electron chi connectivity index (χ2n) is 6.13. The van der Waals surface area contributed by atoms with Gasteiger partial charge < -0.3 is 5.32 Å². The van der Waals surface area contributed by atoms with Crippen molar-refractivity contribution in [2.45, 2.75) is 33.4 Å². The summed E-state index contributed by atoms with van der Waals surface area (Å²) in [5.41, 5.74) is 3.03. The molecule has 3 aromatic rings. The Morgan fingerprint density at radius 1 is 1.32 bits per heavy atom. The number of amides is 1. The maximum absolute atomic E-state index is 13.8. The monoisotopic (exact) mass is 341 g/mol. The van der Waals surface area contributed by atoms with Crippen molar-refractivity contribution in [2.24, 2.45) is 0 Å². The molecule has 0 fully saturated rings. The highest BCUT2D eigenvalue weighted by atomic mass is 19.1. The molecular formula is C18H20FN5O. The molecule has 0 bridgehead atoms. The van der Waals surface area contributed by atoms with Crippen LogP contribution < -0.4 is 5.32 Å². The zero-order valence-electron chi connectivity index (χ0n) is 14.4. The van der Waals surface area contributed by atoms with Crippen molar-refractivity contribution in [2.75, 3.05) is 0 Å². The minimum absolute atomic E-state index is 0.120. The molecule has 0 saturated heterocycles. The number of halogens is 1. The fourth-order valence-corrected chi connectivity index (χ4v) is 2.71. The Labute approximate surface area is 145 Å². The number of hydrogen-bond acceptors (Lipinski definition) is 3. The molecular weight excluding hydrogens is 321 g/mol. The normalized spacial score (nSPS) is 12.2. The molecule has 0 radical (unpaired) electrons. The molecule has 2 heterocycles. The molecule has 1 atom stereocenters. The number of carbonyl (C=O) groups is 1. The van der Waals surface area contributed by atoms with E-state index in [-0.39, 0.29) is 17.8 Å². The van der Waals surface area contributed by atoms with Crippen LogP contribution in [0.1, 0.15) is 28.8 Å². The SMILES string of the molecule is Cc1cc(C)n(CC(C)NC(=O)c2cc(-c3ccccc3F)n[nH]2)n1. The van der Waals surface area contributed by atoms with Crippen LogP contribution in [0.4, 0.5) is 4.39 Å². The summed E-state index contributed by atoms with van der Waals surface area (Å²) in [4.78, 5) is 12.4. The predicted molar refractivity (Wildman–Crippen MR) is 92.6 cm³/mol. The third-order valence-electron chi connectivity index (χ3n) is 3.90. The Kier molecular flexibility index (Phi) is 4.65. The van der Waals surface area contributed by atoms with Gasteiger partial charge in [-0.2, -0.15) is 10.2 Å². The molecule has 130 valence electrons. The van der Waals surface area contributed by atoms with Gasteiger partial charge in [-0.1, -0.05) is 12.1 Å². The minimum Gasteiger partial charge on any atom is -0.346 e. The molecule has 0 spiro atoms. The molecule has 0 aliphatic rings. The van der Waals surface area contributed by atoms with E-state index >= 15 is 0 Å². The number of rotatable bonds is 5. The second-order valence-corrected chi connectivity index (χ2v) is 6.13. The van der Waals surface area contributed by atoms with Crippen molar-refractivity contribution in [1.29, 1.82) is 0 Å². The maximum atomic E-state index is 13.8. The van der Waals surface area contributed by atoms with E-state index in [9.17, 15) is 9.18 Å². The minimum atomic E-state index is -0.376. The summed E-state index contributed by atoms with van der Waals surface area (Å²) in [5.74, 6) is -0.664. The highest BCUT2D eigenvalue weighted by molar-refractivity contribution is 5.93. The van der Waals surface area contributed by atoms with Crippen LogP contribution in [0.15, 0.2) is 36.4 Å². The molecule has 6 nitrogen and oxygen atoms in total. The first-order chi connectivity index (χ1) is 11.9. The summed E-state index contributed by atoms with van der Waals surface area (Å²) in [7, 11) is 0. The van der Waals surface area contributed by atoms with Gasteiger partial charge in [-0.25, -0.2) is 4.39 Å². The Bertz CT molecular complexity index is 899. The largest absolute Gasteiger partial charge is 0.346 e. The van der Waals surface area contributed by atoms with Gasteiger partial charge in [0, 0.05) is 17.3 Å². The quantitative estimate of drug-likeness (QED) is 0.749. The lowest BCUT2D eigenvalue weighted by Crippen LogP contribution is -2.36. The van der Waals surface area contributed by atoms with E-state index in [1.165, 1.54) is 6.07 Å². The van der Waals surface area contributed by atoms with E-state index in [1.54, 1.807) is 24.3 Å². The number of aromatic nitrogens is 4. The van der Waals surface area contributed by atoms with Gasteiger partial charge in [0.05, 0.1) is 17.9 Å². The smallest absolute Gasteiger partial charge is 0.269 e. The first-order valence-corrected chi connectivity index (χ1v) is 8.06. The summed E-state index contributed by atoms with van der Waals surface area (Å²) in [6.07, 6.45) is 0. The summed E-state index contributed by atoms with van der Waals surface area (Å²) >= 11 is 0. The van der Waals surface area contributed by atoms with Crippen LogP contribution in [-0.4, -0.2) is 31.9 Å². The van der Waals surface area contributed by atoms with Gasteiger partial charge in [0.25, 0.3) is 5.91 Å². The van der Waals surface area contributed by atoms with Crippen LogP contribution in [0.3, 0.4) is 0 Å². The van der Waals surface area contributed by atoms with Gasteiger partial charge in [-0.05, 0) is 45.0 Å². The number of hydrogen-bond donors (Lipinski definition) is 2. The molecule has 0 saturated carbocycles. The molecule has 3 rings (SSSR count). The fourth-order valence-electron chi connectivity index (χ4n) is 2.71. The first kappa shape index (κ1) is 16.9. The summed E-state index contributed by atoms with van der Waals surface area (Å²) in [5, 5.41) is 14.0. The van der Waals surface area contributed by atoms with E-state index in [2.05, 4.69) is 20.6 Å².